The van der Waals surface area contributed by atoms with Crippen molar-refractivity contribution in [1.29, 1.82) is 0 Å². The number of hydrogen-bond acceptors (Lipinski definition) is 2. The maximum Gasteiger partial charge on any atom is 0.0629 e. The third-order valence-corrected chi connectivity index (χ3v) is 4.14. The first kappa shape index (κ1) is 13.3. The molecule has 1 aliphatic rings. The van der Waals surface area contributed by atoms with Crippen LogP contribution in [-0.4, -0.2) is 15.8 Å². The Hall–Kier alpha value is -1.09. The second-order valence-corrected chi connectivity index (χ2v) is 5.46. The Labute approximate surface area is 110 Å². The van der Waals surface area contributed by atoms with E-state index in [2.05, 4.69) is 25.0 Å². The summed E-state index contributed by atoms with van der Waals surface area (Å²) < 4.78 is 1.96. The SMILES string of the molecule is Cc1nn(C)c(C)c1CC(N)C1=CCCCCC1. The van der Waals surface area contributed by atoms with Crippen LogP contribution in [0, 0.1) is 13.8 Å². The molecule has 1 aromatic rings. The Morgan fingerprint density at radius 3 is 2.78 bits per heavy atom. The van der Waals surface area contributed by atoms with Gasteiger partial charge in [-0.3, -0.25) is 4.68 Å². The molecule has 18 heavy (non-hydrogen) atoms. The van der Waals surface area contributed by atoms with Gasteiger partial charge in [0.25, 0.3) is 0 Å². The summed E-state index contributed by atoms with van der Waals surface area (Å²) in [5, 5.41) is 4.47. The van der Waals surface area contributed by atoms with E-state index in [-0.39, 0.29) is 6.04 Å². The van der Waals surface area contributed by atoms with Crippen LogP contribution in [0.15, 0.2) is 11.6 Å². The summed E-state index contributed by atoms with van der Waals surface area (Å²) in [7, 11) is 2.00. The Morgan fingerprint density at radius 1 is 1.33 bits per heavy atom. The van der Waals surface area contributed by atoms with E-state index >= 15 is 0 Å². The number of rotatable bonds is 3. The molecule has 0 bridgehead atoms. The van der Waals surface area contributed by atoms with Gasteiger partial charge in [-0.2, -0.15) is 5.10 Å². The van der Waals surface area contributed by atoms with Crippen LogP contribution in [-0.2, 0) is 13.5 Å². The Kier molecular flexibility index (Phi) is 4.23. The predicted molar refractivity (Wildman–Crippen MR) is 75.5 cm³/mol. The van der Waals surface area contributed by atoms with E-state index in [0.29, 0.717) is 0 Å². The molecule has 0 radical (unpaired) electrons. The maximum atomic E-state index is 6.39. The van der Waals surface area contributed by atoms with Crippen molar-refractivity contribution in [3.63, 3.8) is 0 Å². The summed E-state index contributed by atoms with van der Waals surface area (Å²) in [6.07, 6.45) is 9.65. The molecule has 0 saturated carbocycles. The molecular weight excluding hydrogens is 222 g/mol. The average molecular weight is 247 g/mol. The van der Waals surface area contributed by atoms with E-state index in [1.54, 1.807) is 0 Å². The van der Waals surface area contributed by atoms with Crippen LogP contribution in [0.1, 0.15) is 49.1 Å². The number of nitrogens with two attached hydrogens (primary N) is 1. The average Bonchev–Trinajstić information content (AvgIpc) is 2.58. The highest BCUT2D eigenvalue weighted by atomic mass is 15.3. The molecule has 2 rings (SSSR count). The first-order valence-electron chi connectivity index (χ1n) is 7.03. The van der Waals surface area contributed by atoms with Gasteiger partial charge in [-0.05, 0) is 51.5 Å². The van der Waals surface area contributed by atoms with E-state index in [4.69, 9.17) is 5.73 Å². The molecule has 1 unspecified atom stereocenters. The molecule has 100 valence electrons. The summed E-state index contributed by atoms with van der Waals surface area (Å²) in [5.74, 6) is 0. The van der Waals surface area contributed by atoms with Crippen LogP contribution < -0.4 is 5.73 Å². The molecule has 0 aliphatic heterocycles. The monoisotopic (exact) mass is 247 g/mol. The van der Waals surface area contributed by atoms with E-state index < -0.39 is 0 Å². The summed E-state index contributed by atoms with van der Waals surface area (Å²) in [4.78, 5) is 0. The number of hydrogen-bond donors (Lipinski definition) is 1. The first-order chi connectivity index (χ1) is 8.59. The van der Waals surface area contributed by atoms with Crippen molar-refractivity contribution in [2.45, 2.75) is 58.4 Å². The number of nitrogens with zero attached hydrogens (tertiary/aromatic N) is 2. The smallest absolute Gasteiger partial charge is 0.0629 e. The molecule has 1 atom stereocenters. The van der Waals surface area contributed by atoms with Crippen molar-refractivity contribution in [2.24, 2.45) is 12.8 Å². The first-order valence-corrected chi connectivity index (χ1v) is 7.03. The van der Waals surface area contributed by atoms with E-state index in [9.17, 15) is 0 Å². The van der Waals surface area contributed by atoms with Crippen molar-refractivity contribution < 1.29 is 0 Å². The molecule has 0 saturated heterocycles. The third-order valence-electron chi connectivity index (χ3n) is 4.14. The van der Waals surface area contributed by atoms with Gasteiger partial charge in [0.15, 0.2) is 0 Å². The van der Waals surface area contributed by atoms with Crippen LogP contribution in [0.2, 0.25) is 0 Å². The fourth-order valence-corrected chi connectivity index (χ4v) is 2.84. The Bertz CT molecular complexity index is 443. The number of aryl methyl sites for hydroxylation is 2. The van der Waals surface area contributed by atoms with Gasteiger partial charge in [0.1, 0.15) is 0 Å². The lowest BCUT2D eigenvalue weighted by molar-refractivity contribution is 0.669. The normalized spacial score (nSPS) is 18.3. The van der Waals surface area contributed by atoms with Gasteiger partial charge in [0.2, 0.25) is 0 Å². The minimum atomic E-state index is 0.171. The fraction of sp³-hybridized carbons (Fsp3) is 0.667. The zero-order valence-corrected chi connectivity index (χ0v) is 11.9. The highest BCUT2D eigenvalue weighted by Gasteiger charge is 2.16. The van der Waals surface area contributed by atoms with Crippen molar-refractivity contribution >= 4 is 0 Å². The number of aromatic nitrogens is 2. The molecule has 0 amide bonds. The minimum absolute atomic E-state index is 0.171. The van der Waals surface area contributed by atoms with E-state index in [1.807, 2.05) is 11.7 Å². The zero-order valence-electron chi connectivity index (χ0n) is 11.9. The summed E-state index contributed by atoms with van der Waals surface area (Å²) >= 11 is 0. The van der Waals surface area contributed by atoms with Crippen molar-refractivity contribution in [2.75, 3.05) is 0 Å². The number of allylic oxidation sites excluding steroid dienone is 1. The van der Waals surface area contributed by atoms with Crippen molar-refractivity contribution in [3.8, 4) is 0 Å². The molecule has 3 heteroatoms. The molecule has 0 spiro atoms. The van der Waals surface area contributed by atoms with Crippen molar-refractivity contribution in [3.05, 3.63) is 28.6 Å². The highest BCUT2D eigenvalue weighted by Crippen LogP contribution is 2.22. The summed E-state index contributed by atoms with van der Waals surface area (Å²) in [5.41, 5.74) is 11.5. The van der Waals surface area contributed by atoms with E-state index in [1.165, 1.54) is 48.9 Å². The Morgan fingerprint density at radius 2 is 2.11 bits per heavy atom. The van der Waals surface area contributed by atoms with Crippen LogP contribution in [0.25, 0.3) is 0 Å². The lowest BCUT2D eigenvalue weighted by Crippen LogP contribution is -2.26. The maximum absolute atomic E-state index is 6.39. The van der Waals surface area contributed by atoms with Gasteiger partial charge in [0, 0.05) is 18.8 Å². The van der Waals surface area contributed by atoms with Crippen molar-refractivity contribution in [1.82, 2.24) is 9.78 Å². The predicted octanol–water partition coefficient (Wildman–Crippen LogP) is 2.80. The standard InChI is InChI=1S/C15H25N3/c1-11-14(12(2)18(3)17-11)10-15(16)13-8-6-4-5-7-9-13/h8,15H,4-7,9-10,16H2,1-3H3. The molecule has 1 heterocycles. The van der Waals surface area contributed by atoms with Crippen LogP contribution in [0.4, 0.5) is 0 Å². The second kappa shape index (κ2) is 5.70. The second-order valence-electron chi connectivity index (χ2n) is 5.46. The lowest BCUT2D eigenvalue weighted by Gasteiger charge is -2.15. The molecule has 0 fully saturated rings. The topological polar surface area (TPSA) is 43.8 Å². The minimum Gasteiger partial charge on any atom is -0.324 e. The highest BCUT2D eigenvalue weighted by molar-refractivity contribution is 5.28. The molecule has 1 aliphatic carbocycles. The van der Waals surface area contributed by atoms with Gasteiger partial charge in [-0.25, -0.2) is 0 Å². The van der Waals surface area contributed by atoms with Crippen LogP contribution >= 0.6 is 0 Å². The summed E-state index contributed by atoms with van der Waals surface area (Å²) in [6.45, 7) is 4.21. The van der Waals surface area contributed by atoms with Gasteiger partial charge in [-0.15, -0.1) is 0 Å². The molecule has 0 aromatic carbocycles. The summed E-state index contributed by atoms with van der Waals surface area (Å²) in [6, 6.07) is 0.171. The van der Waals surface area contributed by atoms with Crippen LogP contribution in [0.5, 0.6) is 0 Å². The molecule has 2 N–H and O–H groups in total. The lowest BCUT2D eigenvalue weighted by atomic mass is 9.95. The van der Waals surface area contributed by atoms with Gasteiger partial charge in [0.05, 0.1) is 5.69 Å². The van der Waals surface area contributed by atoms with Gasteiger partial charge in [-0.1, -0.05) is 18.1 Å². The largest absolute Gasteiger partial charge is 0.324 e. The molecule has 3 nitrogen and oxygen atoms in total. The van der Waals surface area contributed by atoms with E-state index in [0.717, 1.165) is 12.1 Å². The third kappa shape index (κ3) is 2.83. The van der Waals surface area contributed by atoms with Gasteiger partial charge < -0.3 is 5.73 Å². The quantitative estimate of drug-likeness (QED) is 0.835. The van der Waals surface area contributed by atoms with Gasteiger partial charge >= 0.3 is 0 Å². The Balaban J connectivity index is 2.10. The molecular formula is C15H25N3. The fourth-order valence-electron chi connectivity index (χ4n) is 2.84. The molecule has 1 aromatic heterocycles. The van der Waals surface area contributed by atoms with Crippen LogP contribution in [0.3, 0.4) is 0 Å². The zero-order chi connectivity index (χ0) is 13.1.